The number of piperidine rings is 1. The fraction of sp³-hybridized carbons (Fsp3) is 0.381. The van der Waals surface area contributed by atoms with Crippen LogP contribution in [-0.2, 0) is 13.5 Å². The molecule has 1 aliphatic heterocycles. The molecule has 0 aliphatic carbocycles. The zero-order valence-electron chi connectivity index (χ0n) is 15.7. The van der Waals surface area contributed by atoms with Crippen molar-refractivity contribution in [2.24, 2.45) is 7.05 Å². The molecule has 0 unspecified atom stereocenters. The maximum absolute atomic E-state index is 4.87. The van der Waals surface area contributed by atoms with Gasteiger partial charge in [-0.3, -0.25) is 9.67 Å². The van der Waals surface area contributed by atoms with E-state index >= 15 is 0 Å². The van der Waals surface area contributed by atoms with Crippen LogP contribution in [0.3, 0.4) is 0 Å². The number of hydrogen-bond acceptors (Lipinski definition) is 5. The molecule has 1 fully saturated rings. The van der Waals surface area contributed by atoms with Crippen molar-refractivity contribution in [2.45, 2.75) is 32.1 Å². The number of fused-ring (bicyclic) bond motifs is 2. The van der Waals surface area contributed by atoms with Crippen LogP contribution in [0, 0.1) is 0 Å². The first-order valence-electron chi connectivity index (χ1n) is 9.65. The largest absolute Gasteiger partial charge is 0.317 e. The predicted molar refractivity (Wildman–Crippen MR) is 111 cm³/mol. The fourth-order valence-corrected chi connectivity index (χ4v) is 5.14. The quantitative estimate of drug-likeness (QED) is 0.579. The Hall–Kier alpha value is -2.31. The Bertz CT molecular complexity index is 1120. The number of nitrogens with zero attached hydrogens (tertiary/aromatic N) is 4. The number of benzene rings is 1. The molecule has 0 bridgehead atoms. The van der Waals surface area contributed by atoms with Crippen molar-refractivity contribution in [2.75, 3.05) is 13.1 Å². The molecule has 0 saturated carbocycles. The molecule has 4 aromatic rings. The molecule has 0 radical (unpaired) electrons. The molecular weight excluding hydrogens is 354 g/mol. The van der Waals surface area contributed by atoms with Gasteiger partial charge in [-0.1, -0.05) is 6.92 Å². The summed E-state index contributed by atoms with van der Waals surface area (Å²) in [4.78, 5) is 9.60. The Morgan fingerprint density at radius 1 is 1.22 bits per heavy atom. The lowest BCUT2D eigenvalue weighted by Crippen LogP contribution is -2.26. The summed E-state index contributed by atoms with van der Waals surface area (Å²) in [7, 11) is 1.98. The van der Waals surface area contributed by atoms with Gasteiger partial charge in [-0.15, -0.1) is 11.3 Å². The summed E-state index contributed by atoms with van der Waals surface area (Å²) in [6.45, 7) is 4.36. The first-order chi connectivity index (χ1) is 13.2. The number of hydrogen-bond donors (Lipinski definition) is 1. The molecular formula is C21H23N5S. The minimum atomic E-state index is 0.588. The van der Waals surface area contributed by atoms with E-state index in [1.54, 1.807) is 0 Å². The predicted octanol–water partition coefficient (Wildman–Crippen LogP) is 4.27. The van der Waals surface area contributed by atoms with Crippen LogP contribution in [0.2, 0.25) is 0 Å². The summed E-state index contributed by atoms with van der Waals surface area (Å²) in [6, 6.07) is 6.64. The van der Waals surface area contributed by atoms with Crippen molar-refractivity contribution in [3.05, 3.63) is 41.2 Å². The normalized spacial score (nSPS) is 15.8. The Balaban J connectivity index is 1.57. The van der Waals surface area contributed by atoms with Crippen LogP contribution >= 0.6 is 11.3 Å². The first kappa shape index (κ1) is 16.8. The summed E-state index contributed by atoms with van der Waals surface area (Å²) in [5.74, 6) is 0.588. The maximum Gasteiger partial charge on any atom is 0.0999 e. The van der Waals surface area contributed by atoms with Crippen LogP contribution in [0.15, 0.2) is 30.6 Å². The van der Waals surface area contributed by atoms with Gasteiger partial charge < -0.3 is 5.32 Å². The van der Waals surface area contributed by atoms with Crippen LogP contribution in [0.25, 0.3) is 32.4 Å². The van der Waals surface area contributed by atoms with E-state index in [4.69, 9.17) is 9.97 Å². The third-order valence-electron chi connectivity index (χ3n) is 5.46. The van der Waals surface area contributed by atoms with Gasteiger partial charge in [-0.05, 0) is 56.1 Å². The number of aromatic nitrogens is 4. The third-order valence-corrected chi connectivity index (χ3v) is 6.64. The zero-order valence-corrected chi connectivity index (χ0v) is 16.5. The van der Waals surface area contributed by atoms with Gasteiger partial charge in [0.25, 0.3) is 0 Å². The number of rotatable bonds is 3. The lowest BCUT2D eigenvalue weighted by atomic mass is 9.99. The van der Waals surface area contributed by atoms with Gasteiger partial charge >= 0.3 is 0 Å². The van der Waals surface area contributed by atoms with Crippen molar-refractivity contribution in [1.29, 1.82) is 0 Å². The second-order valence-electron chi connectivity index (χ2n) is 7.34. The maximum atomic E-state index is 4.87. The van der Waals surface area contributed by atoms with Gasteiger partial charge in [-0.25, -0.2) is 4.98 Å². The summed E-state index contributed by atoms with van der Waals surface area (Å²) < 4.78 is 3.12. The second-order valence-corrected chi connectivity index (χ2v) is 8.41. The zero-order chi connectivity index (χ0) is 18.4. The van der Waals surface area contributed by atoms with Crippen molar-refractivity contribution < 1.29 is 0 Å². The average Bonchev–Trinajstić information content (AvgIpc) is 3.29. The van der Waals surface area contributed by atoms with Crippen LogP contribution < -0.4 is 5.32 Å². The van der Waals surface area contributed by atoms with E-state index in [-0.39, 0.29) is 0 Å². The highest BCUT2D eigenvalue weighted by Crippen LogP contribution is 2.34. The van der Waals surface area contributed by atoms with E-state index in [1.165, 1.54) is 33.5 Å². The van der Waals surface area contributed by atoms with Gasteiger partial charge in [-0.2, -0.15) is 5.10 Å². The molecule has 1 saturated heterocycles. The number of nitrogens with one attached hydrogen (secondary N) is 1. The lowest BCUT2D eigenvalue weighted by molar-refractivity contribution is 0.459. The SMILES string of the molecule is CCc1cc(-c2cc3sc(C4CCNCC4)nc3cn2)cc2cn(C)nc12. The first-order valence-corrected chi connectivity index (χ1v) is 10.5. The third kappa shape index (κ3) is 3.03. The monoisotopic (exact) mass is 377 g/mol. The molecule has 0 spiro atoms. The van der Waals surface area contributed by atoms with E-state index in [2.05, 4.69) is 41.7 Å². The Kier molecular flexibility index (Phi) is 4.17. The van der Waals surface area contributed by atoms with E-state index in [0.29, 0.717) is 5.92 Å². The van der Waals surface area contributed by atoms with Gasteiger partial charge in [0.15, 0.2) is 0 Å². The van der Waals surface area contributed by atoms with Crippen molar-refractivity contribution in [1.82, 2.24) is 25.1 Å². The van der Waals surface area contributed by atoms with E-state index < -0.39 is 0 Å². The Morgan fingerprint density at radius 3 is 2.89 bits per heavy atom. The van der Waals surface area contributed by atoms with Crippen molar-refractivity contribution in [3.63, 3.8) is 0 Å². The average molecular weight is 378 g/mol. The summed E-state index contributed by atoms with van der Waals surface area (Å²) >= 11 is 1.83. The summed E-state index contributed by atoms with van der Waals surface area (Å²) in [6.07, 6.45) is 7.34. The van der Waals surface area contributed by atoms with Gasteiger partial charge in [0.05, 0.1) is 32.6 Å². The fourth-order valence-electron chi connectivity index (χ4n) is 4.00. The topological polar surface area (TPSA) is 55.6 Å². The second kappa shape index (κ2) is 6.69. The minimum Gasteiger partial charge on any atom is -0.317 e. The molecule has 1 N–H and O–H groups in total. The molecule has 5 nitrogen and oxygen atoms in total. The highest BCUT2D eigenvalue weighted by Gasteiger charge is 2.19. The molecule has 1 aromatic carbocycles. The molecule has 1 aliphatic rings. The smallest absolute Gasteiger partial charge is 0.0999 e. The van der Waals surface area contributed by atoms with Gasteiger partial charge in [0.1, 0.15) is 0 Å². The van der Waals surface area contributed by atoms with Crippen LogP contribution in [0.5, 0.6) is 0 Å². The summed E-state index contributed by atoms with van der Waals surface area (Å²) in [5, 5.41) is 10.5. The molecule has 0 atom stereocenters. The highest BCUT2D eigenvalue weighted by molar-refractivity contribution is 7.18. The molecule has 6 heteroatoms. The summed E-state index contributed by atoms with van der Waals surface area (Å²) in [5.41, 5.74) is 5.56. The Labute approximate surface area is 162 Å². The molecule has 0 amide bonds. The number of aryl methyl sites for hydroxylation is 2. The molecule has 5 rings (SSSR count). The lowest BCUT2D eigenvalue weighted by Gasteiger charge is -2.20. The molecule has 138 valence electrons. The number of pyridine rings is 1. The van der Waals surface area contributed by atoms with Gasteiger partial charge in [0, 0.05) is 30.1 Å². The standard InChI is InChI=1S/C21H23N5S/c1-3-13-8-15(9-16-12-26(2)25-20(13)16)17-10-19-18(11-23-17)24-21(27-19)14-4-6-22-7-5-14/h8-12,14,22H,3-7H2,1-2H3. The highest BCUT2D eigenvalue weighted by atomic mass is 32.1. The van der Waals surface area contributed by atoms with Crippen molar-refractivity contribution >= 4 is 32.5 Å². The van der Waals surface area contributed by atoms with Gasteiger partial charge in [0.2, 0.25) is 0 Å². The molecule has 3 aromatic heterocycles. The van der Waals surface area contributed by atoms with E-state index in [9.17, 15) is 0 Å². The van der Waals surface area contributed by atoms with E-state index in [0.717, 1.165) is 41.8 Å². The Morgan fingerprint density at radius 2 is 2.07 bits per heavy atom. The minimum absolute atomic E-state index is 0.588. The van der Waals surface area contributed by atoms with E-state index in [1.807, 2.05) is 29.3 Å². The van der Waals surface area contributed by atoms with Crippen LogP contribution in [0.1, 0.15) is 36.3 Å². The van der Waals surface area contributed by atoms with Crippen LogP contribution in [0.4, 0.5) is 0 Å². The van der Waals surface area contributed by atoms with Crippen LogP contribution in [-0.4, -0.2) is 32.8 Å². The van der Waals surface area contributed by atoms with Crippen molar-refractivity contribution in [3.8, 4) is 11.3 Å². The number of thiazole rings is 1. The molecule has 27 heavy (non-hydrogen) atoms. The molecule has 4 heterocycles.